The molecule has 0 bridgehead atoms. The minimum atomic E-state index is -0.613. The third-order valence-electron chi connectivity index (χ3n) is 4.02. The van der Waals surface area contributed by atoms with E-state index in [1.807, 2.05) is 30.3 Å². The summed E-state index contributed by atoms with van der Waals surface area (Å²) < 4.78 is 0. The number of nitrogens with zero attached hydrogens (tertiary/aromatic N) is 2. The maximum absolute atomic E-state index is 12.4. The average Bonchev–Trinajstić information content (AvgIpc) is 3.16. The van der Waals surface area contributed by atoms with Crippen molar-refractivity contribution in [3.63, 3.8) is 0 Å². The predicted molar refractivity (Wildman–Crippen MR) is 79.3 cm³/mol. The van der Waals surface area contributed by atoms with Gasteiger partial charge >= 0.3 is 5.69 Å². The van der Waals surface area contributed by atoms with E-state index in [0.29, 0.717) is 13.0 Å². The number of hydrogen-bond donors (Lipinski definition) is 3. The van der Waals surface area contributed by atoms with Gasteiger partial charge in [-0.1, -0.05) is 30.3 Å². The lowest BCUT2D eigenvalue weighted by molar-refractivity contribution is 0.0655. The largest absolute Gasteiger partial charge is 0.388 e. The normalized spacial score (nSPS) is 19.3. The van der Waals surface area contributed by atoms with Crippen LogP contribution < -0.4 is 5.69 Å². The van der Waals surface area contributed by atoms with Crippen molar-refractivity contribution in [2.75, 3.05) is 6.54 Å². The minimum absolute atomic E-state index is 0.0195. The van der Waals surface area contributed by atoms with E-state index < -0.39 is 11.8 Å². The average molecular weight is 302 g/mol. The predicted octanol–water partition coefficient (Wildman–Crippen LogP) is 0.826. The van der Waals surface area contributed by atoms with Crippen LogP contribution in [0.4, 0.5) is 0 Å². The molecule has 0 aliphatic carbocycles. The molecule has 3 N–H and O–H groups in total. The van der Waals surface area contributed by atoms with Crippen LogP contribution in [0.2, 0.25) is 0 Å². The first-order chi connectivity index (χ1) is 10.6. The number of rotatable bonds is 4. The molecule has 116 valence electrons. The summed E-state index contributed by atoms with van der Waals surface area (Å²) in [7, 11) is 0. The van der Waals surface area contributed by atoms with E-state index in [1.54, 1.807) is 4.90 Å². The van der Waals surface area contributed by atoms with Crippen LogP contribution in [0.1, 0.15) is 41.5 Å². The fraction of sp³-hybridized carbons (Fsp3) is 0.400. The number of carbonyl (C=O) groups excluding carboxylic acids is 1. The van der Waals surface area contributed by atoms with Crippen molar-refractivity contribution in [1.82, 2.24) is 20.1 Å². The van der Waals surface area contributed by atoms with Gasteiger partial charge in [0.05, 0.1) is 6.10 Å². The van der Waals surface area contributed by atoms with Crippen molar-refractivity contribution in [3.05, 3.63) is 52.2 Å². The van der Waals surface area contributed by atoms with E-state index in [2.05, 4.69) is 15.2 Å². The van der Waals surface area contributed by atoms with Crippen molar-refractivity contribution in [1.29, 1.82) is 0 Å². The van der Waals surface area contributed by atoms with E-state index >= 15 is 0 Å². The molecule has 1 aromatic carbocycles. The molecule has 1 amide bonds. The molecule has 1 saturated heterocycles. The van der Waals surface area contributed by atoms with Crippen molar-refractivity contribution in [3.8, 4) is 0 Å². The first kappa shape index (κ1) is 14.5. The lowest BCUT2D eigenvalue weighted by Gasteiger charge is -2.25. The lowest BCUT2D eigenvalue weighted by Crippen LogP contribution is -2.37. The summed E-state index contributed by atoms with van der Waals surface area (Å²) >= 11 is 0. The second-order valence-corrected chi connectivity index (χ2v) is 5.48. The third kappa shape index (κ3) is 2.94. The SMILES string of the molecule is O=C(c1n[nH]c(=O)[nH]1)N1CCC[C@H]1C[C@H](O)c1ccccc1. The summed E-state index contributed by atoms with van der Waals surface area (Å²) in [4.78, 5) is 27.5. The number of nitrogens with one attached hydrogen (secondary N) is 2. The topological polar surface area (TPSA) is 102 Å². The summed E-state index contributed by atoms with van der Waals surface area (Å²) in [5.41, 5.74) is 0.346. The number of amides is 1. The van der Waals surface area contributed by atoms with E-state index in [0.717, 1.165) is 18.4 Å². The van der Waals surface area contributed by atoms with Gasteiger partial charge in [-0.05, 0) is 24.8 Å². The van der Waals surface area contributed by atoms with Crippen molar-refractivity contribution in [2.45, 2.75) is 31.4 Å². The summed E-state index contributed by atoms with van der Waals surface area (Å²) in [6.45, 7) is 0.611. The summed E-state index contributed by atoms with van der Waals surface area (Å²) in [5, 5.41) is 16.2. The first-order valence-electron chi connectivity index (χ1n) is 7.34. The number of benzene rings is 1. The number of aliphatic hydroxyl groups is 1. The zero-order valence-electron chi connectivity index (χ0n) is 12.0. The molecule has 1 aromatic heterocycles. The van der Waals surface area contributed by atoms with Gasteiger partial charge in [0.15, 0.2) is 0 Å². The Morgan fingerprint density at radius 1 is 1.41 bits per heavy atom. The quantitative estimate of drug-likeness (QED) is 0.778. The van der Waals surface area contributed by atoms with Crippen LogP contribution in [0.15, 0.2) is 35.1 Å². The molecule has 1 fully saturated rings. The highest BCUT2D eigenvalue weighted by molar-refractivity contribution is 5.90. The molecule has 0 spiro atoms. The van der Waals surface area contributed by atoms with Crippen LogP contribution in [-0.4, -0.2) is 43.7 Å². The summed E-state index contributed by atoms with van der Waals surface area (Å²) in [6, 6.07) is 9.35. The fourth-order valence-corrected chi connectivity index (χ4v) is 2.92. The Bertz CT molecular complexity index is 694. The van der Waals surface area contributed by atoms with Crippen LogP contribution in [-0.2, 0) is 0 Å². The second kappa shape index (κ2) is 6.15. The van der Waals surface area contributed by atoms with Crippen LogP contribution in [0.3, 0.4) is 0 Å². The Labute approximate surface area is 127 Å². The Morgan fingerprint density at radius 2 is 2.18 bits per heavy atom. The molecule has 1 aliphatic rings. The molecule has 0 radical (unpaired) electrons. The molecule has 0 unspecified atom stereocenters. The number of aromatic nitrogens is 3. The molecule has 7 nitrogen and oxygen atoms in total. The third-order valence-corrected chi connectivity index (χ3v) is 4.02. The van der Waals surface area contributed by atoms with Crippen LogP contribution in [0, 0.1) is 0 Å². The molecule has 1 aliphatic heterocycles. The van der Waals surface area contributed by atoms with Gasteiger partial charge in [0.25, 0.3) is 5.91 Å². The Balaban J connectivity index is 1.71. The monoisotopic (exact) mass is 302 g/mol. The Morgan fingerprint density at radius 3 is 2.86 bits per heavy atom. The number of carbonyl (C=O) groups is 1. The number of hydrogen-bond acceptors (Lipinski definition) is 4. The first-order valence-corrected chi connectivity index (χ1v) is 7.34. The number of aliphatic hydroxyl groups excluding tert-OH is 1. The molecule has 2 atom stereocenters. The van der Waals surface area contributed by atoms with Gasteiger partial charge in [0, 0.05) is 12.6 Å². The standard InChI is InChI=1S/C15H18N4O3/c20-12(10-5-2-1-3-6-10)9-11-7-4-8-19(11)14(21)13-16-15(22)18-17-13/h1-3,5-6,11-12,20H,4,7-9H2,(H2,16,17,18,22)/t11-,12-/m0/s1. The highest BCUT2D eigenvalue weighted by Crippen LogP contribution is 2.28. The van der Waals surface area contributed by atoms with E-state index in [-0.39, 0.29) is 17.8 Å². The van der Waals surface area contributed by atoms with Gasteiger partial charge in [0.1, 0.15) is 0 Å². The van der Waals surface area contributed by atoms with Crippen molar-refractivity contribution in [2.24, 2.45) is 0 Å². The Kier molecular flexibility index (Phi) is 4.06. The molecule has 2 aromatic rings. The number of likely N-dealkylation sites (tertiary alicyclic amines) is 1. The molecule has 7 heteroatoms. The molecular formula is C15H18N4O3. The molecule has 22 heavy (non-hydrogen) atoms. The zero-order chi connectivity index (χ0) is 15.5. The summed E-state index contributed by atoms with van der Waals surface area (Å²) in [6.07, 6.45) is 1.58. The van der Waals surface area contributed by atoms with E-state index in [1.165, 1.54) is 0 Å². The molecule has 2 heterocycles. The molecular weight excluding hydrogens is 284 g/mol. The number of aromatic amines is 2. The second-order valence-electron chi connectivity index (χ2n) is 5.48. The fourth-order valence-electron chi connectivity index (χ4n) is 2.92. The van der Waals surface area contributed by atoms with Gasteiger partial charge in [-0.2, -0.15) is 0 Å². The van der Waals surface area contributed by atoms with Gasteiger partial charge in [-0.3, -0.25) is 9.78 Å². The van der Waals surface area contributed by atoms with Crippen molar-refractivity contribution >= 4 is 5.91 Å². The highest BCUT2D eigenvalue weighted by Gasteiger charge is 2.32. The lowest BCUT2D eigenvalue weighted by atomic mass is 10.0. The van der Waals surface area contributed by atoms with Gasteiger partial charge < -0.3 is 10.0 Å². The molecule has 0 saturated carbocycles. The summed E-state index contributed by atoms with van der Waals surface area (Å²) in [5.74, 6) is -0.285. The Hall–Kier alpha value is -2.41. The van der Waals surface area contributed by atoms with Crippen LogP contribution >= 0.6 is 0 Å². The maximum atomic E-state index is 12.4. The van der Waals surface area contributed by atoms with Gasteiger partial charge in [-0.25, -0.2) is 9.89 Å². The zero-order valence-corrected chi connectivity index (χ0v) is 12.0. The van der Waals surface area contributed by atoms with Crippen LogP contribution in [0.5, 0.6) is 0 Å². The van der Waals surface area contributed by atoms with Gasteiger partial charge in [-0.15, -0.1) is 5.10 Å². The van der Waals surface area contributed by atoms with Crippen molar-refractivity contribution < 1.29 is 9.90 Å². The van der Waals surface area contributed by atoms with Gasteiger partial charge in [0.2, 0.25) is 5.82 Å². The number of H-pyrrole nitrogens is 2. The van der Waals surface area contributed by atoms with Crippen LogP contribution in [0.25, 0.3) is 0 Å². The molecule has 3 rings (SSSR count). The smallest absolute Gasteiger partial charge is 0.341 e. The maximum Gasteiger partial charge on any atom is 0.341 e. The highest BCUT2D eigenvalue weighted by atomic mass is 16.3. The van der Waals surface area contributed by atoms with E-state index in [4.69, 9.17) is 0 Å². The minimum Gasteiger partial charge on any atom is -0.388 e. The van der Waals surface area contributed by atoms with E-state index in [9.17, 15) is 14.7 Å².